The summed E-state index contributed by atoms with van der Waals surface area (Å²) in [5, 5.41) is 0.618. The number of anilines is 1. The Morgan fingerprint density at radius 1 is 1.33 bits per heavy atom. The summed E-state index contributed by atoms with van der Waals surface area (Å²) in [4.78, 5) is 3.80. The van der Waals surface area contributed by atoms with Gasteiger partial charge in [-0.3, -0.25) is 9.71 Å². The van der Waals surface area contributed by atoms with E-state index in [-0.39, 0.29) is 14.9 Å². The fourth-order valence-corrected chi connectivity index (χ4v) is 4.78. The lowest BCUT2D eigenvalue weighted by atomic mass is 10.4. The molecule has 0 aromatic carbocycles. The standard InChI is InChI=1S/C9H5BrCl2N2O2S2/c10-9-6(12)3-8(17-9)18(15,16)14-7-4-13-2-1-5(7)11/h1-4,14H. The van der Waals surface area contributed by atoms with Gasteiger partial charge >= 0.3 is 0 Å². The first-order valence-corrected chi connectivity index (χ1v) is 8.32. The van der Waals surface area contributed by atoms with Crippen LogP contribution in [0, 0.1) is 0 Å². The second-order valence-electron chi connectivity index (χ2n) is 3.15. The maximum Gasteiger partial charge on any atom is 0.271 e. The van der Waals surface area contributed by atoms with E-state index < -0.39 is 10.0 Å². The molecular weight excluding hydrogens is 383 g/mol. The summed E-state index contributed by atoms with van der Waals surface area (Å²) in [6, 6.07) is 2.86. The molecule has 0 radical (unpaired) electrons. The van der Waals surface area contributed by atoms with Crippen LogP contribution >= 0.6 is 50.5 Å². The molecule has 1 N–H and O–H groups in total. The summed E-state index contributed by atoms with van der Waals surface area (Å²) >= 11 is 15.8. The molecule has 2 rings (SSSR count). The van der Waals surface area contributed by atoms with Crippen molar-refractivity contribution in [1.29, 1.82) is 0 Å². The molecule has 9 heteroatoms. The average Bonchev–Trinajstić information content (AvgIpc) is 2.63. The maximum absolute atomic E-state index is 12.1. The second-order valence-corrected chi connectivity index (χ2v) is 8.24. The fourth-order valence-electron chi connectivity index (χ4n) is 1.11. The van der Waals surface area contributed by atoms with Crippen LogP contribution in [0.5, 0.6) is 0 Å². The highest BCUT2D eigenvalue weighted by Crippen LogP contribution is 2.35. The van der Waals surface area contributed by atoms with Gasteiger partial charge in [0.1, 0.15) is 4.21 Å². The molecule has 2 aromatic heterocycles. The third-order valence-electron chi connectivity index (χ3n) is 1.90. The molecule has 0 aliphatic heterocycles. The van der Waals surface area contributed by atoms with Gasteiger partial charge in [-0.15, -0.1) is 11.3 Å². The number of thiophene rings is 1. The first-order chi connectivity index (χ1) is 8.40. The fraction of sp³-hybridized carbons (Fsp3) is 0. The van der Waals surface area contributed by atoms with Crippen molar-refractivity contribution in [3.63, 3.8) is 0 Å². The van der Waals surface area contributed by atoms with Gasteiger partial charge in [-0.25, -0.2) is 8.42 Å². The molecule has 0 bridgehead atoms. The Bertz CT molecular complexity index is 668. The number of hydrogen-bond donors (Lipinski definition) is 1. The van der Waals surface area contributed by atoms with E-state index in [4.69, 9.17) is 23.2 Å². The number of aromatic nitrogens is 1. The number of nitrogens with one attached hydrogen (secondary N) is 1. The molecule has 96 valence electrons. The lowest BCUT2D eigenvalue weighted by Crippen LogP contribution is -2.11. The van der Waals surface area contributed by atoms with Crippen molar-refractivity contribution in [3.05, 3.63) is 38.4 Å². The smallest absolute Gasteiger partial charge is 0.271 e. The highest BCUT2D eigenvalue weighted by molar-refractivity contribution is 9.11. The maximum atomic E-state index is 12.1. The molecule has 0 saturated carbocycles. The van der Waals surface area contributed by atoms with E-state index in [1.54, 1.807) is 0 Å². The topological polar surface area (TPSA) is 59.1 Å². The van der Waals surface area contributed by atoms with Crippen LogP contribution < -0.4 is 4.72 Å². The van der Waals surface area contributed by atoms with Crippen LogP contribution in [0.15, 0.2) is 32.5 Å². The minimum atomic E-state index is -3.71. The van der Waals surface area contributed by atoms with Gasteiger partial charge in [0, 0.05) is 6.20 Å². The van der Waals surface area contributed by atoms with Crippen molar-refractivity contribution < 1.29 is 8.42 Å². The molecule has 0 amide bonds. The van der Waals surface area contributed by atoms with E-state index in [2.05, 4.69) is 25.6 Å². The number of rotatable bonds is 3. The van der Waals surface area contributed by atoms with Gasteiger partial charge in [0.2, 0.25) is 0 Å². The Kier molecular flexibility index (Phi) is 4.18. The molecule has 0 saturated heterocycles. The average molecular weight is 388 g/mol. The molecule has 0 unspecified atom stereocenters. The van der Waals surface area contributed by atoms with Gasteiger partial charge in [-0.05, 0) is 28.1 Å². The van der Waals surface area contributed by atoms with Crippen LogP contribution in [0.25, 0.3) is 0 Å². The summed E-state index contributed by atoms with van der Waals surface area (Å²) in [7, 11) is -3.71. The molecular formula is C9H5BrCl2N2O2S2. The Labute approximate surface area is 126 Å². The molecule has 0 aliphatic carbocycles. The largest absolute Gasteiger partial charge is 0.276 e. The summed E-state index contributed by atoms with van der Waals surface area (Å²) < 4.78 is 27.1. The second kappa shape index (κ2) is 5.34. The Hall–Kier alpha value is -0.340. The van der Waals surface area contributed by atoms with Crippen molar-refractivity contribution in [3.8, 4) is 0 Å². The quantitative estimate of drug-likeness (QED) is 0.865. The monoisotopic (exact) mass is 386 g/mol. The third kappa shape index (κ3) is 2.97. The van der Waals surface area contributed by atoms with Crippen molar-refractivity contribution >= 4 is 66.2 Å². The molecule has 0 atom stereocenters. The zero-order valence-corrected chi connectivity index (χ0v) is 13.3. The Balaban J connectivity index is 2.36. The molecule has 18 heavy (non-hydrogen) atoms. The summed E-state index contributed by atoms with van der Waals surface area (Å²) in [6.45, 7) is 0. The minimum absolute atomic E-state index is 0.0966. The number of nitrogens with zero attached hydrogens (tertiary/aromatic N) is 1. The van der Waals surface area contributed by atoms with Crippen molar-refractivity contribution in [2.75, 3.05) is 4.72 Å². The molecule has 4 nitrogen and oxygen atoms in total. The van der Waals surface area contributed by atoms with Crippen LogP contribution in [0.3, 0.4) is 0 Å². The number of hydrogen-bond acceptors (Lipinski definition) is 4. The van der Waals surface area contributed by atoms with Gasteiger partial charge < -0.3 is 0 Å². The summed E-state index contributed by atoms with van der Waals surface area (Å²) in [5.41, 5.74) is 0.222. The predicted molar refractivity (Wildman–Crippen MR) is 77.1 cm³/mol. The van der Waals surface area contributed by atoms with E-state index >= 15 is 0 Å². The van der Waals surface area contributed by atoms with Gasteiger partial charge in [0.05, 0.1) is 25.7 Å². The van der Waals surface area contributed by atoms with Crippen molar-refractivity contribution in [2.45, 2.75) is 4.21 Å². The van der Waals surface area contributed by atoms with E-state index in [1.165, 1.54) is 24.5 Å². The van der Waals surface area contributed by atoms with Crippen LogP contribution in [0.4, 0.5) is 5.69 Å². The van der Waals surface area contributed by atoms with Crippen LogP contribution in [-0.2, 0) is 10.0 Å². The lowest BCUT2D eigenvalue weighted by Gasteiger charge is -2.06. The predicted octanol–water partition coefficient (Wildman–Crippen LogP) is 4.01. The van der Waals surface area contributed by atoms with E-state index in [9.17, 15) is 8.42 Å². The van der Waals surface area contributed by atoms with E-state index in [1.807, 2.05) is 0 Å². The Morgan fingerprint density at radius 3 is 2.61 bits per heavy atom. The van der Waals surface area contributed by atoms with Gasteiger partial charge in [0.15, 0.2) is 0 Å². The first-order valence-electron chi connectivity index (χ1n) is 4.47. The molecule has 2 aromatic rings. The zero-order chi connectivity index (χ0) is 13.3. The third-order valence-corrected chi connectivity index (χ3v) is 6.54. The van der Waals surface area contributed by atoms with E-state index in [0.717, 1.165) is 11.3 Å². The van der Waals surface area contributed by atoms with Crippen LogP contribution in [0.2, 0.25) is 10.0 Å². The summed E-state index contributed by atoms with van der Waals surface area (Å²) in [6.07, 6.45) is 2.81. The van der Waals surface area contributed by atoms with Crippen molar-refractivity contribution in [1.82, 2.24) is 4.98 Å². The van der Waals surface area contributed by atoms with Crippen molar-refractivity contribution in [2.24, 2.45) is 0 Å². The summed E-state index contributed by atoms with van der Waals surface area (Å²) in [5.74, 6) is 0. The van der Waals surface area contributed by atoms with Crippen LogP contribution in [-0.4, -0.2) is 13.4 Å². The molecule has 2 heterocycles. The SMILES string of the molecule is O=S(=O)(Nc1cnccc1Cl)c1cc(Cl)c(Br)s1. The zero-order valence-electron chi connectivity index (χ0n) is 8.52. The van der Waals surface area contributed by atoms with Gasteiger partial charge in [-0.1, -0.05) is 23.2 Å². The van der Waals surface area contributed by atoms with Gasteiger partial charge in [-0.2, -0.15) is 0 Å². The van der Waals surface area contributed by atoms with Gasteiger partial charge in [0.25, 0.3) is 10.0 Å². The molecule has 0 aliphatic rings. The number of halogens is 3. The van der Waals surface area contributed by atoms with Crippen LogP contribution in [0.1, 0.15) is 0 Å². The Morgan fingerprint density at radius 2 is 2.06 bits per heavy atom. The minimum Gasteiger partial charge on any atom is -0.276 e. The highest BCUT2D eigenvalue weighted by Gasteiger charge is 2.20. The first kappa shape index (κ1) is 14.1. The number of sulfonamides is 1. The highest BCUT2D eigenvalue weighted by atomic mass is 79.9. The normalized spacial score (nSPS) is 11.5. The molecule has 0 fully saturated rings. The number of pyridine rings is 1. The van der Waals surface area contributed by atoms with E-state index in [0.29, 0.717) is 8.81 Å². The molecule has 0 spiro atoms. The lowest BCUT2D eigenvalue weighted by molar-refractivity contribution is 0.603.